The molecule has 77 heavy (non-hydrogen) atoms. The van der Waals surface area contributed by atoms with Crippen LogP contribution in [0, 0.1) is 0 Å². The van der Waals surface area contributed by atoms with Gasteiger partial charge in [0.05, 0.1) is 6.61 Å². The van der Waals surface area contributed by atoms with Crippen LogP contribution in [-0.4, -0.2) is 89.2 Å². The summed E-state index contributed by atoms with van der Waals surface area (Å²) < 4.78 is 28.4. The molecule has 6 atom stereocenters. The molecule has 1 heterocycles. The van der Waals surface area contributed by atoms with Crippen LogP contribution in [-0.2, 0) is 42.9 Å². The molecule has 12 heteroatoms. The average Bonchev–Trinajstić information content (AvgIpc) is 3.42. The smallest absolute Gasteiger partial charge is 0.335 e. The maximum Gasteiger partial charge on any atom is 0.335 e. The molecule has 3 N–H and O–H groups in total. The number of rotatable bonds is 53. The molecule has 0 aliphatic carbocycles. The number of carboxylic acid groups (broad SMARTS) is 1. The van der Waals surface area contributed by atoms with Crippen molar-refractivity contribution in [3.8, 4) is 0 Å². The summed E-state index contributed by atoms with van der Waals surface area (Å²) in [6, 6.07) is 0. The predicted molar refractivity (Wildman–Crippen MR) is 312 cm³/mol. The number of aliphatic hydroxyl groups excluding tert-OH is 2. The number of carbonyl (C=O) groups excluding carboxylic acids is 3. The lowest BCUT2D eigenvalue weighted by Crippen LogP contribution is -2.61. The number of ether oxygens (including phenoxy) is 5. The molecule has 0 aromatic carbocycles. The van der Waals surface area contributed by atoms with E-state index in [2.05, 4.69) is 81.5 Å². The summed E-state index contributed by atoms with van der Waals surface area (Å²) in [6.07, 6.45) is 53.4. The number of esters is 3. The lowest BCUT2D eigenvalue weighted by Gasteiger charge is -2.40. The third kappa shape index (κ3) is 43.0. The maximum absolute atomic E-state index is 13.2. The van der Waals surface area contributed by atoms with Crippen LogP contribution in [0.2, 0.25) is 0 Å². The van der Waals surface area contributed by atoms with Gasteiger partial charge in [-0.25, -0.2) is 4.79 Å². The minimum atomic E-state index is -1.90. The average molecular weight is 1090 g/mol. The van der Waals surface area contributed by atoms with Gasteiger partial charge in [0.1, 0.15) is 18.8 Å². The second kappa shape index (κ2) is 53.1. The van der Waals surface area contributed by atoms with Gasteiger partial charge < -0.3 is 39.0 Å². The van der Waals surface area contributed by atoms with Crippen molar-refractivity contribution in [1.29, 1.82) is 0 Å². The first-order valence-electron chi connectivity index (χ1n) is 31.3. The first-order valence-corrected chi connectivity index (χ1v) is 31.3. The molecule has 0 saturated carbocycles. The fourth-order valence-corrected chi connectivity index (χ4v) is 9.30. The molecule has 0 amide bonds. The Morgan fingerprint density at radius 3 is 1.26 bits per heavy atom. The van der Waals surface area contributed by atoms with Crippen molar-refractivity contribution in [3.63, 3.8) is 0 Å². The van der Waals surface area contributed by atoms with Crippen LogP contribution in [0.5, 0.6) is 0 Å². The zero-order chi connectivity index (χ0) is 56.1. The van der Waals surface area contributed by atoms with Gasteiger partial charge in [0.2, 0.25) is 0 Å². The molecule has 0 spiro atoms. The van der Waals surface area contributed by atoms with Gasteiger partial charge in [-0.2, -0.15) is 0 Å². The highest BCUT2D eigenvalue weighted by molar-refractivity contribution is 5.74. The van der Waals surface area contributed by atoms with Crippen molar-refractivity contribution in [2.24, 2.45) is 0 Å². The van der Waals surface area contributed by atoms with Gasteiger partial charge in [0.15, 0.2) is 24.6 Å². The SMILES string of the molecule is CC/C=C\C/C=C\C/C=C\C/C=C\CCCCCCCCC(=O)OCC(COC1OC(C(=O)O)C(O)C(O)C1OC(=O)CCCCCCCCCCC)OC(=O)CCCCCCCCCCC/C=C\CCCCCCCC. The van der Waals surface area contributed by atoms with E-state index in [4.69, 9.17) is 23.7 Å². The number of carbonyl (C=O) groups is 4. The molecule has 1 fully saturated rings. The normalized spacial score (nSPS) is 18.4. The minimum absolute atomic E-state index is 0.0601. The zero-order valence-corrected chi connectivity index (χ0v) is 49.0. The van der Waals surface area contributed by atoms with Crippen molar-refractivity contribution in [2.75, 3.05) is 13.2 Å². The van der Waals surface area contributed by atoms with Gasteiger partial charge in [-0.15, -0.1) is 0 Å². The van der Waals surface area contributed by atoms with Gasteiger partial charge in [-0.1, -0.05) is 236 Å². The lowest BCUT2D eigenvalue weighted by atomic mass is 9.98. The molecular formula is C65H112O12. The standard InChI is InChI=1S/C65H112O12/c1-4-7-10-13-16-19-21-23-25-27-29-31-33-35-37-40-42-45-48-51-57(66)73-54-56(75-58(67)52-49-46-44-41-38-36-34-32-30-28-26-24-22-20-17-14-11-8-5-2)55-74-65-63(61(70)60(69)62(77-65)64(71)72)76-59(68)53-50-47-43-39-18-15-12-9-6-3/h7,10,16,19,23-26,29,31,56,60-63,65,69-70H,4-6,8-9,11-15,17-18,20-22,27-28,30,32-55H2,1-3H3,(H,71,72)/b10-7-,19-16-,25-23-,26-24-,31-29-. The van der Waals surface area contributed by atoms with Crippen molar-refractivity contribution < 1.29 is 58.2 Å². The van der Waals surface area contributed by atoms with E-state index in [1.165, 1.54) is 109 Å². The Hall–Kier alpha value is -3.58. The number of aliphatic carboxylic acids is 1. The summed E-state index contributed by atoms with van der Waals surface area (Å²) >= 11 is 0. The number of allylic oxidation sites excluding steroid dienone is 10. The molecule has 1 saturated heterocycles. The van der Waals surface area contributed by atoms with Crippen molar-refractivity contribution in [1.82, 2.24) is 0 Å². The van der Waals surface area contributed by atoms with E-state index >= 15 is 0 Å². The Bertz CT molecular complexity index is 1570. The van der Waals surface area contributed by atoms with Gasteiger partial charge in [0, 0.05) is 19.3 Å². The van der Waals surface area contributed by atoms with E-state index in [0.29, 0.717) is 19.3 Å². The van der Waals surface area contributed by atoms with Gasteiger partial charge >= 0.3 is 23.9 Å². The highest BCUT2D eigenvalue weighted by Crippen LogP contribution is 2.27. The lowest BCUT2D eigenvalue weighted by molar-refractivity contribution is -0.301. The highest BCUT2D eigenvalue weighted by atomic mass is 16.7. The molecule has 0 radical (unpaired) electrons. The first kappa shape index (κ1) is 71.4. The number of unbranched alkanes of at least 4 members (excludes halogenated alkanes) is 29. The third-order valence-corrected chi connectivity index (χ3v) is 14.1. The van der Waals surface area contributed by atoms with Crippen LogP contribution in [0.15, 0.2) is 60.8 Å². The molecule has 0 bridgehead atoms. The van der Waals surface area contributed by atoms with E-state index in [-0.39, 0.29) is 25.9 Å². The van der Waals surface area contributed by atoms with Gasteiger partial charge in [0.25, 0.3) is 0 Å². The Morgan fingerprint density at radius 1 is 0.442 bits per heavy atom. The number of hydrogen-bond donors (Lipinski definition) is 3. The van der Waals surface area contributed by atoms with E-state index in [9.17, 15) is 34.5 Å². The maximum atomic E-state index is 13.2. The minimum Gasteiger partial charge on any atom is -0.479 e. The summed E-state index contributed by atoms with van der Waals surface area (Å²) in [6.45, 7) is 5.85. The van der Waals surface area contributed by atoms with E-state index in [0.717, 1.165) is 109 Å². The summed E-state index contributed by atoms with van der Waals surface area (Å²) in [5, 5.41) is 31.4. The largest absolute Gasteiger partial charge is 0.479 e. The Labute approximate surface area is 468 Å². The zero-order valence-electron chi connectivity index (χ0n) is 49.0. The summed E-state index contributed by atoms with van der Waals surface area (Å²) in [5.74, 6) is -3.13. The quantitative estimate of drug-likeness (QED) is 0.0228. The summed E-state index contributed by atoms with van der Waals surface area (Å²) in [4.78, 5) is 51.1. The van der Waals surface area contributed by atoms with Crippen LogP contribution < -0.4 is 0 Å². The molecule has 0 aromatic rings. The van der Waals surface area contributed by atoms with E-state index < -0.39 is 67.3 Å². The fourth-order valence-electron chi connectivity index (χ4n) is 9.30. The highest BCUT2D eigenvalue weighted by Gasteiger charge is 2.50. The van der Waals surface area contributed by atoms with Crippen LogP contribution in [0.3, 0.4) is 0 Å². The molecule has 1 aliphatic rings. The van der Waals surface area contributed by atoms with Crippen LogP contribution >= 0.6 is 0 Å². The monoisotopic (exact) mass is 1080 g/mol. The second-order valence-corrected chi connectivity index (χ2v) is 21.3. The van der Waals surface area contributed by atoms with Crippen molar-refractivity contribution in [2.45, 2.75) is 314 Å². The van der Waals surface area contributed by atoms with Crippen LogP contribution in [0.4, 0.5) is 0 Å². The molecule has 444 valence electrons. The molecular weight excluding hydrogens is 973 g/mol. The van der Waals surface area contributed by atoms with Crippen LogP contribution in [0.1, 0.15) is 278 Å². The Balaban J connectivity index is 2.64. The van der Waals surface area contributed by atoms with Crippen LogP contribution in [0.25, 0.3) is 0 Å². The fraction of sp³-hybridized carbons (Fsp3) is 0.785. The van der Waals surface area contributed by atoms with Gasteiger partial charge in [-0.3, -0.25) is 14.4 Å². The Kier molecular flexibility index (Phi) is 49.2. The number of aliphatic hydroxyl groups is 2. The molecule has 6 unspecified atom stereocenters. The summed E-state index contributed by atoms with van der Waals surface area (Å²) in [5.41, 5.74) is 0. The van der Waals surface area contributed by atoms with E-state index in [1.807, 2.05) is 0 Å². The first-order chi connectivity index (χ1) is 37.6. The number of hydrogen-bond acceptors (Lipinski definition) is 11. The summed E-state index contributed by atoms with van der Waals surface area (Å²) in [7, 11) is 0. The topological polar surface area (TPSA) is 175 Å². The third-order valence-electron chi connectivity index (χ3n) is 14.1. The second-order valence-electron chi connectivity index (χ2n) is 21.3. The van der Waals surface area contributed by atoms with E-state index in [1.54, 1.807) is 0 Å². The van der Waals surface area contributed by atoms with Crippen molar-refractivity contribution in [3.05, 3.63) is 60.8 Å². The molecule has 1 aliphatic heterocycles. The number of carboxylic acids is 1. The van der Waals surface area contributed by atoms with Gasteiger partial charge in [-0.05, 0) is 83.5 Å². The molecule has 1 rings (SSSR count). The molecule has 0 aromatic heterocycles. The molecule has 12 nitrogen and oxygen atoms in total. The van der Waals surface area contributed by atoms with Crippen molar-refractivity contribution >= 4 is 23.9 Å². The predicted octanol–water partition coefficient (Wildman–Crippen LogP) is 16.3. The Morgan fingerprint density at radius 2 is 0.818 bits per heavy atom.